The molecule has 2 amide bonds. The highest BCUT2D eigenvalue weighted by atomic mass is 16.5. The van der Waals surface area contributed by atoms with Crippen molar-refractivity contribution in [2.45, 2.75) is 32.2 Å². The summed E-state index contributed by atoms with van der Waals surface area (Å²) in [6.07, 6.45) is 4.44. The molecule has 8 heteroatoms. The summed E-state index contributed by atoms with van der Waals surface area (Å²) >= 11 is 0. The van der Waals surface area contributed by atoms with Gasteiger partial charge >= 0.3 is 0 Å². The molecule has 0 spiro atoms. The predicted octanol–water partition coefficient (Wildman–Crippen LogP) is 2.42. The molecule has 1 atom stereocenters. The van der Waals surface area contributed by atoms with E-state index in [0.717, 1.165) is 38.0 Å². The van der Waals surface area contributed by atoms with E-state index < -0.39 is 0 Å². The summed E-state index contributed by atoms with van der Waals surface area (Å²) in [5.74, 6) is 0.488. The molecule has 8 nitrogen and oxygen atoms in total. The van der Waals surface area contributed by atoms with Crippen molar-refractivity contribution in [3.8, 4) is 0 Å². The Labute approximate surface area is 182 Å². The molecule has 164 valence electrons. The highest BCUT2D eigenvalue weighted by molar-refractivity contribution is 6.04. The second kappa shape index (κ2) is 9.98. The van der Waals surface area contributed by atoms with Crippen LogP contribution in [-0.2, 0) is 9.53 Å². The molecule has 0 radical (unpaired) electrons. The Morgan fingerprint density at radius 1 is 1.13 bits per heavy atom. The number of morpholine rings is 1. The monoisotopic (exact) mass is 423 g/mol. The molecular weight excluding hydrogens is 394 g/mol. The number of carbonyl (C=O) groups is 2. The number of ether oxygens (including phenoxy) is 1. The molecule has 2 saturated heterocycles. The van der Waals surface area contributed by atoms with Crippen LogP contribution in [0.4, 0.5) is 5.69 Å². The third-order valence-corrected chi connectivity index (χ3v) is 5.86. The maximum Gasteiger partial charge on any atom is 0.259 e. The van der Waals surface area contributed by atoms with Gasteiger partial charge in [0.25, 0.3) is 5.91 Å². The van der Waals surface area contributed by atoms with Gasteiger partial charge in [-0.15, -0.1) is 0 Å². The molecule has 0 unspecified atom stereocenters. The van der Waals surface area contributed by atoms with Crippen LogP contribution in [0.25, 0.3) is 0 Å². The normalized spacial score (nSPS) is 19.8. The number of carbonyl (C=O) groups excluding carboxylic acids is 2. The first kappa shape index (κ1) is 21.4. The highest BCUT2D eigenvalue weighted by Gasteiger charge is 2.31. The molecule has 0 aliphatic carbocycles. The number of benzene rings is 1. The van der Waals surface area contributed by atoms with E-state index >= 15 is 0 Å². The van der Waals surface area contributed by atoms with E-state index in [1.165, 1.54) is 0 Å². The van der Waals surface area contributed by atoms with Gasteiger partial charge < -0.3 is 15.0 Å². The van der Waals surface area contributed by atoms with Crippen LogP contribution in [-0.4, -0.2) is 71.0 Å². The van der Waals surface area contributed by atoms with Crippen molar-refractivity contribution in [2.75, 3.05) is 44.7 Å². The second-order valence-electron chi connectivity index (χ2n) is 8.03. The number of nitrogens with one attached hydrogen (secondary N) is 1. The van der Waals surface area contributed by atoms with Crippen molar-refractivity contribution in [3.63, 3.8) is 0 Å². The Bertz CT molecular complexity index is 915. The third-order valence-electron chi connectivity index (χ3n) is 5.86. The summed E-state index contributed by atoms with van der Waals surface area (Å²) in [4.78, 5) is 38.9. The lowest BCUT2D eigenvalue weighted by atomic mass is 10.0. The molecule has 2 aliphatic rings. The van der Waals surface area contributed by atoms with Gasteiger partial charge in [-0.3, -0.25) is 14.5 Å². The zero-order valence-corrected chi connectivity index (χ0v) is 17.9. The molecule has 4 rings (SSSR count). The summed E-state index contributed by atoms with van der Waals surface area (Å²) in [6.45, 7) is 5.84. The topological polar surface area (TPSA) is 87.7 Å². The van der Waals surface area contributed by atoms with Crippen molar-refractivity contribution >= 4 is 17.5 Å². The van der Waals surface area contributed by atoms with Crippen molar-refractivity contribution in [1.29, 1.82) is 0 Å². The first-order valence-corrected chi connectivity index (χ1v) is 10.9. The molecule has 1 N–H and O–H groups in total. The first-order valence-electron chi connectivity index (χ1n) is 10.9. The minimum absolute atomic E-state index is 0.110. The summed E-state index contributed by atoms with van der Waals surface area (Å²) < 4.78 is 5.38. The predicted molar refractivity (Wildman–Crippen MR) is 117 cm³/mol. The maximum atomic E-state index is 13.0. The van der Waals surface area contributed by atoms with Gasteiger partial charge in [0.15, 0.2) is 5.82 Å². The lowest BCUT2D eigenvalue weighted by Crippen LogP contribution is -2.47. The van der Waals surface area contributed by atoms with Gasteiger partial charge in [-0.2, -0.15) is 0 Å². The van der Waals surface area contributed by atoms with Crippen molar-refractivity contribution in [2.24, 2.45) is 0 Å². The van der Waals surface area contributed by atoms with E-state index in [0.29, 0.717) is 43.4 Å². The molecule has 2 aromatic rings. The van der Waals surface area contributed by atoms with Crippen LogP contribution in [0.15, 0.2) is 36.5 Å². The standard InChI is InChI=1S/C23H29N5O3/c1-17-19(23(30)26-18-7-3-2-4-8-18)15-24-22(25-17)20-9-5-6-10-28(20)21(29)16-27-11-13-31-14-12-27/h2-4,7-8,15,20H,5-6,9-14,16H2,1H3,(H,26,30)/t20-/m0/s1. The van der Waals surface area contributed by atoms with Gasteiger partial charge in [0, 0.05) is 31.5 Å². The Kier molecular flexibility index (Phi) is 6.89. The molecule has 1 aromatic heterocycles. The summed E-state index contributed by atoms with van der Waals surface area (Å²) in [6, 6.07) is 9.16. The van der Waals surface area contributed by atoms with Crippen LogP contribution >= 0.6 is 0 Å². The van der Waals surface area contributed by atoms with Gasteiger partial charge in [-0.1, -0.05) is 18.2 Å². The Hall–Kier alpha value is -2.84. The molecule has 2 aliphatic heterocycles. The largest absolute Gasteiger partial charge is 0.379 e. The third kappa shape index (κ3) is 5.26. The van der Waals surface area contributed by atoms with Gasteiger partial charge in [0.2, 0.25) is 5.91 Å². The smallest absolute Gasteiger partial charge is 0.259 e. The zero-order valence-electron chi connectivity index (χ0n) is 17.9. The average molecular weight is 424 g/mol. The zero-order chi connectivity index (χ0) is 21.6. The minimum Gasteiger partial charge on any atom is -0.379 e. The van der Waals surface area contributed by atoms with Crippen molar-refractivity contribution in [3.05, 3.63) is 53.6 Å². The van der Waals surface area contributed by atoms with Crippen LogP contribution in [0, 0.1) is 6.92 Å². The molecule has 3 heterocycles. The van der Waals surface area contributed by atoms with E-state index in [2.05, 4.69) is 20.2 Å². The Balaban J connectivity index is 1.47. The lowest BCUT2D eigenvalue weighted by molar-refractivity contribution is -0.137. The van der Waals surface area contributed by atoms with Crippen LogP contribution in [0.3, 0.4) is 0 Å². The molecule has 31 heavy (non-hydrogen) atoms. The van der Waals surface area contributed by atoms with E-state index in [1.54, 1.807) is 6.20 Å². The van der Waals surface area contributed by atoms with Crippen molar-refractivity contribution in [1.82, 2.24) is 19.8 Å². The number of aryl methyl sites for hydroxylation is 1. The number of para-hydroxylation sites is 1. The molecule has 0 saturated carbocycles. The molecular formula is C23H29N5O3. The highest BCUT2D eigenvalue weighted by Crippen LogP contribution is 2.29. The van der Waals surface area contributed by atoms with E-state index in [1.807, 2.05) is 42.2 Å². The number of likely N-dealkylation sites (tertiary alicyclic amines) is 1. The average Bonchev–Trinajstić information content (AvgIpc) is 2.80. The fraction of sp³-hybridized carbons (Fsp3) is 0.478. The Morgan fingerprint density at radius 2 is 1.90 bits per heavy atom. The summed E-state index contributed by atoms with van der Waals surface area (Å²) in [7, 11) is 0. The number of hydrogen-bond donors (Lipinski definition) is 1. The first-order chi connectivity index (χ1) is 15.1. The molecule has 0 bridgehead atoms. The fourth-order valence-electron chi connectivity index (χ4n) is 4.13. The van der Waals surface area contributed by atoms with Gasteiger partial charge in [-0.05, 0) is 38.3 Å². The van der Waals surface area contributed by atoms with Crippen LogP contribution in [0.1, 0.15) is 47.2 Å². The number of piperidine rings is 1. The maximum absolute atomic E-state index is 13.0. The van der Waals surface area contributed by atoms with E-state index in [4.69, 9.17) is 4.74 Å². The number of nitrogens with zero attached hydrogens (tertiary/aromatic N) is 4. The van der Waals surface area contributed by atoms with Gasteiger partial charge in [-0.25, -0.2) is 9.97 Å². The number of anilines is 1. The van der Waals surface area contributed by atoms with Crippen LogP contribution in [0.2, 0.25) is 0 Å². The number of amides is 2. The summed E-state index contributed by atoms with van der Waals surface area (Å²) in [5, 5.41) is 2.87. The number of aromatic nitrogens is 2. The molecule has 2 fully saturated rings. The van der Waals surface area contributed by atoms with Gasteiger partial charge in [0.05, 0.1) is 37.1 Å². The van der Waals surface area contributed by atoms with Gasteiger partial charge in [0.1, 0.15) is 0 Å². The number of hydrogen-bond acceptors (Lipinski definition) is 6. The number of rotatable bonds is 5. The fourth-order valence-corrected chi connectivity index (χ4v) is 4.13. The Morgan fingerprint density at radius 3 is 2.65 bits per heavy atom. The van der Waals surface area contributed by atoms with Crippen molar-refractivity contribution < 1.29 is 14.3 Å². The lowest BCUT2D eigenvalue weighted by Gasteiger charge is -2.37. The van der Waals surface area contributed by atoms with Crippen LogP contribution < -0.4 is 5.32 Å². The van der Waals surface area contributed by atoms with Crippen LogP contribution in [0.5, 0.6) is 0 Å². The second-order valence-corrected chi connectivity index (χ2v) is 8.03. The molecule has 1 aromatic carbocycles. The van der Waals surface area contributed by atoms with E-state index in [-0.39, 0.29) is 17.9 Å². The van der Waals surface area contributed by atoms with E-state index in [9.17, 15) is 9.59 Å². The SMILES string of the molecule is Cc1nc([C@@H]2CCCCN2C(=O)CN2CCOCC2)ncc1C(=O)Nc1ccccc1. The quantitative estimate of drug-likeness (QED) is 0.795. The summed E-state index contributed by atoms with van der Waals surface area (Å²) in [5.41, 5.74) is 1.78. The minimum atomic E-state index is -0.237.